The lowest BCUT2D eigenvalue weighted by Gasteiger charge is -2.52. The highest BCUT2D eigenvalue weighted by Crippen LogP contribution is 2.54. The zero-order valence-electron chi connectivity index (χ0n) is 13.2. The van der Waals surface area contributed by atoms with E-state index in [0.717, 1.165) is 0 Å². The Morgan fingerprint density at radius 1 is 1.18 bits per heavy atom. The molecule has 2 aliphatic carbocycles. The average molecular weight is 323 g/mol. The molecule has 128 valence electrons. The lowest BCUT2D eigenvalue weighted by atomic mass is 9.59. The summed E-state index contributed by atoms with van der Waals surface area (Å²) in [5.41, 5.74) is -3.27. The Hall–Kier alpha value is -0.980. The second-order valence-electron chi connectivity index (χ2n) is 7.46. The second-order valence-corrected chi connectivity index (χ2v) is 7.46. The highest BCUT2D eigenvalue weighted by Gasteiger charge is 2.65. The van der Waals surface area contributed by atoms with E-state index in [1.807, 2.05) is 0 Å². The zero-order valence-corrected chi connectivity index (χ0v) is 13.2. The van der Waals surface area contributed by atoms with Crippen molar-refractivity contribution in [2.75, 3.05) is 0 Å². The fraction of sp³-hybridized carbons (Fsp3) is 0.933. The Morgan fingerprint density at radius 3 is 2.09 bits per heavy atom. The first-order chi connectivity index (χ1) is 9.93. The third-order valence-electron chi connectivity index (χ3n) is 4.66. The Kier molecular flexibility index (Phi) is 4.41. The van der Waals surface area contributed by atoms with E-state index in [4.69, 9.17) is 4.74 Å². The van der Waals surface area contributed by atoms with Crippen LogP contribution in [-0.4, -0.2) is 34.6 Å². The van der Waals surface area contributed by atoms with Crippen molar-refractivity contribution >= 4 is 6.09 Å². The first-order valence-electron chi connectivity index (χ1n) is 7.72. The van der Waals surface area contributed by atoms with Crippen molar-refractivity contribution in [2.24, 2.45) is 11.8 Å². The lowest BCUT2D eigenvalue weighted by Crippen LogP contribution is -2.63. The average Bonchev–Trinajstić information content (AvgIpc) is 2.26. The quantitative estimate of drug-likeness (QED) is 0.778. The number of alkyl carbamates (subject to hydrolysis) is 1. The summed E-state index contributed by atoms with van der Waals surface area (Å²) in [4.78, 5) is 11.8. The van der Waals surface area contributed by atoms with Crippen LogP contribution < -0.4 is 5.32 Å². The van der Waals surface area contributed by atoms with Crippen molar-refractivity contribution < 1.29 is 27.8 Å². The molecule has 0 aliphatic heterocycles. The summed E-state index contributed by atoms with van der Waals surface area (Å²) in [6.07, 6.45) is -3.63. The Labute approximate surface area is 128 Å². The Balaban J connectivity index is 2.06. The molecule has 0 saturated heterocycles. The fourth-order valence-electron chi connectivity index (χ4n) is 3.82. The minimum absolute atomic E-state index is 0.131. The summed E-state index contributed by atoms with van der Waals surface area (Å²) in [6, 6.07) is -0.382. The van der Waals surface area contributed by atoms with Crippen LogP contribution in [0.3, 0.4) is 0 Å². The minimum Gasteiger partial charge on any atom is -0.444 e. The van der Waals surface area contributed by atoms with Gasteiger partial charge < -0.3 is 15.2 Å². The van der Waals surface area contributed by atoms with Gasteiger partial charge in [0.2, 0.25) is 0 Å². The van der Waals surface area contributed by atoms with Crippen LogP contribution >= 0.6 is 0 Å². The number of amides is 1. The van der Waals surface area contributed by atoms with Crippen molar-refractivity contribution in [3.63, 3.8) is 0 Å². The monoisotopic (exact) mass is 323 g/mol. The first kappa shape index (κ1) is 17.4. The summed E-state index contributed by atoms with van der Waals surface area (Å²) in [5, 5.41) is 12.9. The van der Waals surface area contributed by atoms with Gasteiger partial charge in [0.1, 0.15) is 5.60 Å². The number of alkyl halides is 3. The molecule has 4 nitrogen and oxygen atoms in total. The van der Waals surface area contributed by atoms with Gasteiger partial charge >= 0.3 is 12.3 Å². The summed E-state index contributed by atoms with van der Waals surface area (Å²) < 4.78 is 45.0. The molecule has 2 rings (SSSR count). The molecule has 2 saturated carbocycles. The molecule has 7 heteroatoms. The van der Waals surface area contributed by atoms with Gasteiger partial charge in [-0.2, -0.15) is 13.2 Å². The smallest absolute Gasteiger partial charge is 0.417 e. The van der Waals surface area contributed by atoms with Crippen LogP contribution in [0, 0.1) is 11.8 Å². The number of aliphatic hydroxyl groups is 1. The molecule has 0 spiro atoms. The summed E-state index contributed by atoms with van der Waals surface area (Å²) >= 11 is 0. The molecule has 0 aromatic heterocycles. The van der Waals surface area contributed by atoms with E-state index in [0.29, 0.717) is 19.3 Å². The van der Waals surface area contributed by atoms with Gasteiger partial charge in [-0.15, -0.1) is 0 Å². The van der Waals surface area contributed by atoms with Crippen LogP contribution in [0.4, 0.5) is 18.0 Å². The predicted molar refractivity (Wildman–Crippen MR) is 74.2 cm³/mol. The second kappa shape index (κ2) is 5.58. The Bertz CT molecular complexity index is 417. The molecule has 1 amide bonds. The topological polar surface area (TPSA) is 58.6 Å². The molecule has 22 heavy (non-hydrogen) atoms. The molecule has 0 heterocycles. The van der Waals surface area contributed by atoms with Crippen LogP contribution in [0.2, 0.25) is 0 Å². The molecule has 0 aromatic carbocycles. The van der Waals surface area contributed by atoms with Crippen LogP contribution in [0.1, 0.15) is 52.9 Å². The van der Waals surface area contributed by atoms with Gasteiger partial charge in [0.15, 0.2) is 5.60 Å². The molecule has 2 atom stereocenters. The van der Waals surface area contributed by atoms with Crippen LogP contribution in [-0.2, 0) is 4.74 Å². The number of ether oxygens (including phenoxy) is 1. The number of fused-ring (bicyclic) bond motifs is 2. The zero-order chi connectivity index (χ0) is 16.8. The summed E-state index contributed by atoms with van der Waals surface area (Å²) in [7, 11) is 0. The third kappa shape index (κ3) is 3.34. The fourth-order valence-corrected chi connectivity index (χ4v) is 3.82. The molecule has 0 aromatic rings. The summed E-state index contributed by atoms with van der Waals surface area (Å²) in [6.45, 7) is 5.18. The van der Waals surface area contributed by atoms with Gasteiger partial charge in [0, 0.05) is 6.04 Å². The Morgan fingerprint density at radius 2 is 1.68 bits per heavy atom. The molecule has 0 unspecified atom stereocenters. The maximum absolute atomic E-state index is 13.3. The maximum Gasteiger partial charge on any atom is 0.417 e. The highest BCUT2D eigenvalue weighted by molar-refractivity contribution is 5.68. The van der Waals surface area contributed by atoms with Gasteiger partial charge in [-0.3, -0.25) is 0 Å². The van der Waals surface area contributed by atoms with E-state index < -0.39 is 35.3 Å². The number of rotatable bonds is 1. The number of carbonyl (C=O) groups excluding carboxylic acids is 1. The van der Waals surface area contributed by atoms with E-state index in [1.54, 1.807) is 20.8 Å². The first-order valence-corrected chi connectivity index (χ1v) is 7.72. The predicted octanol–water partition coefficient (Wildman–Crippen LogP) is 3.38. The third-order valence-corrected chi connectivity index (χ3v) is 4.66. The van der Waals surface area contributed by atoms with E-state index in [-0.39, 0.29) is 18.9 Å². The van der Waals surface area contributed by atoms with Crippen molar-refractivity contribution in [2.45, 2.75) is 76.3 Å². The van der Waals surface area contributed by atoms with Gasteiger partial charge in [0.05, 0.1) is 0 Å². The molecule has 2 bridgehead atoms. The van der Waals surface area contributed by atoms with Crippen LogP contribution in [0.25, 0.3) is 0 Å². The molecule has 0 radical (unpaired) electrons. The van der Waals surface area contributed by atoms with E-state index in [1.165, 1.54) is 0 Å². The standard InChI is InChI=1S/C15H24F3NO3/c1-13(2,3)22-12(20)19-11-7-9-5-4-6-10(8-11)14(9,21)15(16,17)18/h9-11,21H,4-8H2,1-3H3,(H,19,20)/t9-,10-,11?,14?/m0/s1. The molecule has 2 fully saturated rings. The minimum atomic E-state index is -4.63. The van der Waals surface area contributed by atoms with E-state index in [9.17, 15) is 23.1 Å². The lowest BCUT2D eigenvalue weighted by molar-refractivity contribution is -0.317. The molecule has 2 aliphatic rings. The van der Waals surface area contributed by atoms with Crippen LogP contribution in [0.5, 0.6) is 0 Å². The van der Waals surface area contributed by atoms with Crippen molar-refractivity contribution in [1.29, 1.82) is 0 Å². The molecular formula is C15H24F3NO3. The van der Waals surface area contributed by atoms with Crippen molar-refractivity contribution in [1.82, 2.24) is 5.32 Å². The number of hydrogen-bond donors (Lipinski definition) is 2. The van der Waals surface area contributed by atoms with Crippen molar-refractivity contribution in [3.8, 4) is 0 Å². The van der Waals surface area contributed by atoms with Gasteiger partial charge in [-0.05, 0) is 58.3 Å². The molecule has 2 N–H and O–H groups in total. The number of carbonyl (C=O) groups is 1. The summed E-state index contributed by atoms with van der Waals surface area (Å²) in [5.74, 6) is -1.72. The van der Waals surface area contributed by atoms with Gasteiger partial charge in [-0.1, -0.05) is 6.42 Å². The number of halogens is 3. The highest BCUT2D eigenvalue weighted by atomic mass is 19.4. The SMILES string of the molecule is CC(C)(C)OC(=O)NC1C[C@@H]2CCC[C@@H](C1)C2(O)C(F)(F)F. The van der Waals surface area contributed by atoms with E-state index in [2.05, 4.69) is 5.32 Å². The van der Waals surface area contributed by atoms with Gasteiger partial charge in [0.25, 0.3) is 0 Å². The largest absolute Gasteiger partial charge is 0.444 e. The van der Waals surface area contributed by atoms with Crippen molar-refractivity contribution in [3.05, 3.63) is 0 Å². The van der Waals surface area contributed by atoms with E-state index >= 15 is 0 Å². The normalized spacial score (nSPS) is 35.9. The number of nitrogens with one attached hydrogen (secondary N) is 1. The van der Waals surface area contributed by atoms with Gasteiger partial charge in [-0.25, -0.2) is 4.79 Å². The van der Waals surface area contributed by atoms with Crippen LogP contribution in [0.15, 0.2) is 0 Å². The number of hydrogen-bond acceptors (Lipinski definition) is 3. The molecular weight excluding hydrogens is 299 g/mol. The maximum atomic E-state index is 13.3.